The third-order valence-corrected chi connectivity index (χ3v) is 5.93. The second-order valence-electron chi connectivity index (χ2n) is 9.20. The maximum absolute atomic E-state index is 12.7. The number of anilines is 2. The summed E-state index contributed by atoms with van der Waals surface area (Å²) in [5.74, 6) is -0.0505. The Labute approximate surface area is 187 Å². The van der Waals surface area contributed by atoms with Crippen LogP contribution in [0.5, 0.6) is 5.75 Å². The second kappa shape index (κ2) is 8.61. The fourth-order valence-electron chi connectivity index (χ4n) is 4.29. The van der Waals surface area contributed by atoms with E-state index in [1.807, 2.05) is 39.1 Å². The molecule has 2 aromatic rings. The highest BCUT2D eigenvalue weighted by Crippen LogP contribution is 2.34. The number of pyridine rings is 1. The van der Waals surface area contributed by atoms with Gasteiger partial charge in [0.05, 0.1) is 17.6 Å². The fraction of sp³-hybridized carbons (Fsp3) is 0.417. The second-order valence-corrected chi connectivity index (χ2v) is 9.20. The zero-order valence-corrected chi connectivity index (χ0v) is 18.7. The molecule has 1 aromatic heterocycles. The van der Waals surface area contributed by atoms with Crippen LogP contribution in [0.4, 0.5) is 16.2 Å². The molecule has 168 valence electrons. The molecule has 0 spiro atoms. The highest BCUT2D eigenvalue weighted by molar-refractivity contribution is 6.16. The summed E-state index contributed by atoms with van der Waals surface area (Å²) in [6.07, 6.45) is 3.78. The van der Waals surface area contributed by atoms with E-state index in [0.717, 1.165) is 5.69 Å². The molecular formula is C24H28N4O4. The standard InChI is InChI=1S/C24H28N4O4/c1-17-16-26(19-5-4-10-25-15-19)11-12-27(17)23(31)32-20-8-6-18(7-9-20)28-21(29)13-24(2,3)14-22(28)30/h4-10,15,17H,11-14,16H2,1-3H3. The SMILES string of the molecule is CC1CN(c2cccnc2)CCN1C(=O)Oc1ccc(N2C(=O)CC(C)(C)CC2=O)cc1. The molecule has 2 aliphatic heterocycles. The van der Waals surface area contributed by atoms with Crippen LogP contribution in [0.2, 0.25) is 0 Å². The van der Waals surface area contributed by atoms with Gasteiger partial charge in [0.1, 0.15) is 5.75 Å². The topological polar surface area (TPSA) is 83.1 Å². The Morgan fingerprint density at radius 1 is 1.03 bits per heavy atom. The Kier molecular flexibility index (Phi) is 5.86. The smallest absolute Gasteiger partial charge is 0.410 e. The molecule has 2 fully saturated rings. The predicted octanol–water partition coefficient (Wildman–Crippen LogP) is 3.47. The largest absolute Gasteiger partial charge is 0.415 e. The first kappa shape index (κ1) is 21.8. The van der Waals surface area contributed by atoms with E-state index < -0.39 is 6.09 Å². The van der Waals surface area contributed by atoms with Crippen LogP contribution in [0.1, 0.15) is 33.6 Å². The lowest BCUT2D eigenvalue weighted by Crippen LogP contribution is -2.54. The molecule has 1 atom stereocenters. The lowest BCUT2D eigenvalue weighted by molar-refractivity contribution is -0.132. The number of aromatic nitrogens is 1. The maximum Gasteiger partial charge on any atom is 0.415 e. The van der Waals surface area contributed by atoms with Gasteiger partial charge in [-0.05, 0) is 48.7 Å². The van der Waals surface area contributed by atoms with Crippen LogP contribution in [0.15, 0.2) is 48.8 Å². The maximum atomic E-state index is 12.7. The minimum Gasteiger partial charge on any atom is -0.410 e. The van der Waals surface area contributed by atoms with Gasteiger partial charge in [-0.3, -0.25) is 19.5 Å². The number of carbonyl (C=O) groups excluding carboxylic acids is 3. The summed E-state index contributed by atoms with van der Waals surface area (Å²) in [5, 5.41) is 0. The number of hydrogen-bond acceptors (Lipinski definition) is 6. The number of hydrogen-bond donors (Lipinski definition) is 0. The number of benzene rings is 1. The van der Waals surface area contributed by atoms with Crippen molar-refractivity contribution in [1.82, 2.24) is 9.88 Å². The Morgan fingerprint density at radius 3 is 2.31 bits per heavy atom. The Bertz CT molecular complexity index is 986. The first-order chi connectivity index (χ1) is 15.2. The molecule has 8 heteroatoms. The van der Waals surface area contributed by atoms with Crippen LogP contribution >= 0.6 is 0 Å². The Morgan fingerprint density at radius 2 is 1.72 bits per heavy atom. The van der Waals surface area contributed by atoms with Gasteiger partial charge in [0.25, 0.3) is 0 Å². The number of ether oxygens (including phenoxy) is 1. The molecule has 1 unspecified atom stereocenters. The normalized spacial score (nSPS) is 21.0. The van der Waals surface area contributed by atoms with E-state index in [9.17, 15) is 14.4 Å². The number of piperidine rings is 1. The molecule has 0 saturated carbocycles. The van der Waals surface area contributed by atoms with Crippen molar-refractivity contribution in [1.29, 1.82) is 0 Å². The van der Waals surface area contributed by atoms with Gasteiger partial charge in [-0.15, -0.1) is 0 Å². The summed E-state index contributed by atoms with van der Waals surface area (Å²) >= 11 is 0. The fourth-order valence-corrected chi connectivity index (χ4v) is 4.29. The third-order valence-electron chi connectivity index (χ3n) is 5.93. The molecule has 0 aliphatic carbocycles. The average molecular weight is 437 g/mol. The van der Waals surface area contributed by atoms with Crippen molar-refractivity contribution in [3.05, 3.63) is 48.8 Å². The third kappa shape index (κ3) is 4.59. The van der Waals surface area contributed by atoms with Gasteiger partial charge in [0.15, 0.2) is 0 Å². The van der Waals surface area contributed by atoms with E-state index in [1.165, 1.54) is 4.90 Å². The molecule has 2 saturated heterocycles. The summed E-state index contributed by atoms with van der Waals surface area (Å²) in [6.45, 7) is 7.75. The van der Waals surface area contributed by atoms with Crippen molar-refractivity contribution >= 4 is 29.3 Å². The van der Waals surface area contributed by atoms with Crippen molar-refractivity contribution in [3.8, 4) is 5.75 Å². The van der Waals surface area contributed by atoms with Crippen LogP contribution in [0.3, 0.4) is 0 Å². The van der Waals surface area contributed by atoms with Crippen molar-refractivity contribution in [2.24, 2.45) is 5.41 Å². The summed E-state index contributed by atoms with van der Waals surface area (Å²) in [6, 6.07) is 10.4. The lowest BCUT2D eigenvalue weighted by Gasteiger charge is -2.40. The number of amides is 3. The molecule has 32 heavy (non-hydrogen) atoms. The van der Waals surface area contributed by atoms with Gasteiger partial charge in [0.2, 0.25) is 11.8 Å². The number of rotatable bonds is 3. The van der Waals surface area contributed by atoms with Crippen molar-refractivity contribution in [2.75, 3.05) is 29.4 Å². The molecule has 1 aromatic carbocycles. The van der Waals surface area contributed by atoms with Gasteiger partial charge in [-0.2, -0.15) is 0 Å². The molecular weight excluding hydrogens is 408 g/mol. The predicted molar refractivity (Wildman–Crippen MR) is 121 cm³/mol. The van der Waals surface area contributed by atoms with Crippen LogP contribution < -0.4 is 14.5 Å². The molecule has 8 nitrogen and oxygen atoms in total. The molecule has 4 rings (SSSR count). The number of imide groups is 1. The number of carbonyl (C=O) groups is 3. The van der Waals surface area contributed by atoms with Crippen LogP contribution in [0.25, 0.3) is 0 Å². The highest BCUT2D eigenvalue weighted by atomic mass is 16.6. The van der Waals surface area contributed by atoms with Crippen LogP contribution in [0, 0.1) is 5.41 Å². The lowest BCUT2D eigenvalue weighted by atomic mass is 9.81. The number of nitrogens with zero attached hydrogens (tertiary/aromatic N) is 4. The minimum atomic E-state index is -0.414. The van der Waals surface area contributed by atoms with Crippen LogP contribution in [-0.4, -0.2) is 53.5 Å². The van der Waals surface area contributed by atoms with Crippen LogP contribution in [-0.2, 0) is 9.59 Å². The van der Waals surface area contributed by atoms with E-state index >= 15 is 0 Å². The van der Waals surface area contributed by atoms with Crippen molar-refractivity contribution in [2.45, 2.75) is 39.7 Å². The van der Waals surface area contributed by atoms with E-state index in [1.54, 1.807) is 35.4 Å². The van der Waals surface area contributed by atoms with Gasteiger partial charge in [-0.25, -0.2) is 4.79 Å². The number of piperazine rings is 1. The van der Waals surface area contributed by atoms with E-state index in [0.29, 0.717) is 43.9 Å². The molecule has 3 amide bonds. The monoisotopic (exact) mass is 436 g/mol. The van der Waals surface area contributed by atoms with E-state index in [-0.39, 0.29) is 23.3 Å². The molecule has 0 bridgehead atoms. The molecule has 2 aliphatic rings. The van der Waals surface area contributed by atoms with E-state index in [4.69, 9.17) is 4.74 Å². The van der Waals surface area contributed by atoms with Crippen molar-refractivity contribution < 1.29 is 19.1 Å². The van der Waals surface area contributed by atoms with Gasteiger partial charge in [-0.1, -0.05) is 13.8 Å². The first-order valence-electron chi connectivity index (χ1n) is 10.8. The summed E-state index contributed by atoms with van der Waals surface area (Å²) < 4.78 is 5.56. The van der Waals surface area contributed by atoms with Gasteiger partial charge < -0.3 is 14.5 Å². The van der Waals surface area contributed by atoms with Crippen molar-refractivity contribution in [3.63, 3.8) is 0 Å². The zero-order valence-electron chi connectivity index (χ0n) is 18.7. The average Bonchev–Trinajstić information content (AvgIpc) is 2.74. The minimum absolute atomic E-state index is 0.0253. The summed E-state index contributed by atoms with van der Waals surface area (Å²) in [7, 11) is 0. The highest BCUT2D eigenvalue weighted by Gasteiger charge is 2.38. The molecule has 0 N–H and O–H groups in total. The Hall–Kier alpha value is -3.42. The van der Waals surface area contributed by atoms with Gasteiger partial charge in [0, 0.05) is 44.7 Å². The first-order valence-corrected chi connectivity index (χ1v) is 10.8. The zero-order chi connectivity index (χ0) is 22.9. The summed E-state index contributed by atoms with van der Waals surface area (Å²) in [5.41, 5.74) is 1.21. The molecule has 3 heterocycles. The summed E-state index contributed by atoms with van der Waals surface area (Å²) in [4.78, 5) is 46.9. The quantitative estimate of drug-likeness (QED) is 0.685. The van der Waals surface area contributed by atoms with Gasteiger partial charge >= 0.3 is 6.09 Å². The van der Waals surface area contributed by atoms with E-state index in [2.05, 4.69) is 9.88 Å². The molecule has 0 radical (unpaired) electrons. The Balaban J connectivity index is 1.37.